The summed E-state index contributed by atoms with van der Waals surface area (Å²) >= 11 is 0. The van der Waals surface area contributed by atoms with Gasteiger partial charge in [0.2, 0.25) is 0 Å². The Morgan fingerprint density at radius 1 is 1.23 bits per heavy atom. The summed E-state index contributed by atoms with van der Waals surface area (Å²) in [5.41, 5.74) is 0. The molecule has 2 heterocycles. The molecule has 0 aromatic rings. The number of nitrogens with zero attached hydrogens (tertiary/aromatic N) is 1. The van der Waals surface area contributed by atoms with Crippen molar-refractivity contribution in [2.24, 2.45) is 5.92 Å². The molecule has 3 heteroatoms. The third kappa shape index (κ3) is 2.02. The molecule has 2 saturated heterocycles. The largest absolute Gasteiger partial charge is 0.381 e. The van der Waals surface area contributed by atoms with Crippen LogP contribution < -0.4 is 0 Å². The van der Waals surface area contributed by atoms with Gasteiger partial charge >= 0.3 is 0 Å². The van der Waals surface area contributed by atoms with Crippen LogP contribution in [0.3, 0.4) is 0 Å². The number of rotatable bonds is 1. The molecule has 74 valence electrons. The van der Waals surface area contributed by atoms with Crippen molar-refractivity contribution in [1.82, 2.24) is 4.90 Å². The van der Waals surface area contributed by atoms with E-state index in [2.05, 4.69) is 4.90 Å². The lowest BCUT2D eigenvalue weighted by Gasteiger charge is -2.28. The van der Waals surface area contributed by atoms with Gasteiger partial charge in [0.15, 0.2) is 0 Å². The zero-order chi connectivity index (χ0) is 9.10. The minimum absolute atomic E-state index is 0.381. The van der Waals surface area contributed by atoms with E-state index in [4.69, 9.17) is 10.1 Å². The predicted octanol–water partition coefficient (Wildman–Crippen LogP) is 1.49. The van der Waals surface area contributed by atoms with Gasteiger partial charge in [-0.05, 0) is 25.7 Å². The highest BCUT2D eigenvalue weighted by atomic mass is 16.5. The fraction of sp³-hybridized carbons (Fsp3) is 0.900. The van der Waals surface area contributed by atoms with Gasteiger partial charge in [-0.15, -0.1) is 0 Å². The molecule has 0 bridgehead atoms. The maximum Gasteiger partial charge on any atom is 0.101 e. The molecule has 0 aromatic carbocycles. The van der Waals surface area contributed by atoms with Gasteiger partial charge in [-0.25, -0.2) is 0 Å². The second-order valence-corrected chi connectivity index (χ2v) is 3.99. The molecule has 0 aliphatic carbocycles. The smallest absolute Gasteiger partial charge is 0.101 e. The predicted molar refractivity (Wildman–Crippen MR) is 52.1 cm³/mol. The van der Waals surface area contributed by atoms with Crippen LogP contribution in [-0.2, 0) is 4.74 Å². The fourth-order valence-electron chi connectivity index (χ4n) is 2.17. The van der Waals surface area contributed by atoms with E-state index < -0.39 is 0 Å². The number of ether oxygens (including phenoxy) is 1. The Kier molecular flexibility index (Phi) is 2.83. The van der Waals surface area contributed by atoms with Gasteiger partial charge in [0, 0.05) is 25.6 Å². The summed E-state index contributed by atoms with van der Waals surface area (Å²) in [6.45, 7) is 3.85. The molecule has 2 aliphatic rings. The average Bonchev–Trinajstić information content (AvgIpc) is 2.71. The van der Waals surface area contributed by atoms with Crippen LogP contribution in [0, 0.1) is 11.3 Å². The van der Waals surface area contributed by atoms with E-state index in [9.17, 15) is 0 Å². The quantitative estimate of drug-likeness (QED) is 0.492. The van der Waals surface area contributed by atoms with Crippen LogP contribution >= 0.6 is 0 Å². The highest BCUT2D eigenvalue weighted by Crippen LogP contribution is 2.19. The summed E-state index contributed by atoms with van der Waals surface area (Å²) in [6, 6.07) is 0. The maximum atomic E-state index is 8.03. The standard InChI is InChI=1S/C10H18N2O/c11-10(12-5-1-2-6-12)9-4-3-7-13-8-9/h9,11H,1-8H2. The third-order valence-corrected chi connectivity index (χ3v) is 2.99. The lowest BCUT2D eigenvalue weighted by Crippen LogP contribution is -2.37. The highest BCUT2D eigenvalue weighted by molar-refractivity contribution is 5.82. The summed E-state index contributed by atoms with van der Waals surface area (Å²) < 4.78 is 5.40. The molecule has 0 saturated carbocycles. The van der Waals surface area contributed by atoms with Gasteiger partial charge in [0.25, 0.3) is 0 Å². The first kappa shape index (κ1) is 9.00. The van der Waals surface area contributed by atoms with Crippen LogP contribution in [0.1, 0.15) is 25.7 Å². The van der Waals surface area contributed by atoms with E-state index in [0.29, 0.717) is 5.92 Å². The molecule has 0 aromatic heterocycles. The van der Waals surface area contributed by atoms with E-state index >= 15 is 0 Å². The number of likely N-dealkylation sites (tertiary alicyclic amines) is 1. The number of amidine groups is 1. The van der Waals surface area contributed by atoms with Gasteiger partial charge in [0.05, 0.1) is 6.61 Å². The maximum absolute atomic E-state index is 8.03. The van der Waals surface area contributed by atoms with E-state index in [-0.39, 0.29) is 0 Å². The van der Waals surface area contributed by atoms with Crippen LogP contribution in [0.2, 0.25) is 0 Å². The molecule has 0 radical (unpaired) electrons. The van der Waals surface area contributed by atoms with Crippen LogP contribution in [0.25, 0.3) is 0 Å². The topological polar surface area (TPSA) is 36.3 Å². The van der Waals surface area contributed by atoms with E-state index in [1.165, 1.54) is 12.8 Å². The van der Waals surface area contributed by atoms with E-state index in [1.807, 2.05) is 0 Å². The second-order valence-electron chi connectivity index (χ2n) is 3.99. The van der Waals surface area contributed by atoms with Crippen molar-refractivity contribution in [2.45, 2.75) is 25.7 Å². The molecular formula is C10H18N2O. The molecule has 2 fully saturated rings. The number of nitrogens with one attached hydrogen (secondary N) is 1. The summed E-state index contributed by atoms with van der Waals surface area (Å²) in [6.07, 6.45) is 4.79. The lowest BCUT2D eigenvalue weighted by atomic mass is 10.0. The molecule has 2 rings (SSSR count). The number of hydrogen-bond acceptors (Lipinski definition) is 2. The summed E-state index contributed by atoms with van der Waals surface area (Å²) in [5, 5.41) is 8.03. The normalized spacial score (nSPS) is 29.2. The average molecular weight is 182 g/mol. The summed E-state index contributed by atoms with van der Waals surface area (Å²) in [5.74, 6) is 1.21. The van der Waals surface area contributed by atoms with Crippen molar-refractivity contribution >= 4 is 5.84 Å². The third-order valence-electron chi connectivity index (χ3n) is 2.99. The van der Waals surface area contributed by atoms with Gasteiger partial charge in [0.1, 0.15) is 5.84 Å². The van der Waals surface area contributed by atoms with Gasteiger partial charge < -0.3 is 9.64 Å². The molecule has 0 amide bonds. The van der Waals surface area contributed by atoms with Crippen LogP contribution in [0.4, 0.5) is 0 Å². The molecule has 2 aliphatic heterocycles. The molecule has 1 unspecified atom stereocenters. The van der Waals surface area contributed by atoms with Crippen molar-refractivity contribution in [2.75, 3.05) is 26.3 Å². The first-order chi connectivity index (χ1) is 6.38. The second kappa shape index (κ2) is 4.09. The SMILES string of the molecule is N=C(C1CCCOC1)N1CCCC1. The zero-order valence-corrected chi connectivity index (χ0v) is 8.09. The van der Waals surface area contributed by atoms with Crippen molar-refractivity contribution in [3.63, 3.8) is 0 Å². The van der Waals surface area contributed by atoms with Crippen LogP contribution in [0.15, 0.2) is 0 Å². The van der Waals surface area contributed by atoms with Crippen molar-refractivity contribution < 1.29 is 4.74 Å². The summed E-state index contributed by atoms with van der Waals surface area (Å²) in [4.78, 5) is 2.22. The molecule has 1 atom stereocenters. The highest BCUT2D eigenvalue weighted by Gasteiger charge is 2.24. The first-order valence-electron chi connectivity index (χ1n) is 5.29. The van der Waals surface area contributed by atoms with Gasteiger partial charge in [-0.2, -0.15) is 0 Å². The Hall–Kier alpha value is -0.570. The van der Waals surface area contributed by atoms with Crippen LogP contribution in [-0.4, -0.2) is 37.0 Å². The Bertz CT molecular complexity index is 181. The first-order valence-corrected chi connectivity index (χ1v) is 5.29. The molecule has 1 N–H and O–H groups in total. The fourth-order valence-corrected chi connectivity index (χ4v) is 2.17. The Morgan fingerprint density at radius 3 is 2.62 bits per heavy atom. The summed E-state index contributed by atoms with van der Waals surface area (Å²) in [7, 11) is 0. The zero-order valence-electron chi connectivity index (χ0n) is 8.09. The van der Waals surface area contributed by atoms with Crippen molar-refractivity contribution in [3.05, 3.63) is 0 Å². The monoisotopic (exact) mass is 182 g/mol. The lowest BCUT2D eigenvalue weighted by molar-refractivity contribution is 0.0730. The van der Waals surface area contributed by atoms with Gasteiger partial charge in [-0.1, -0.05) is 0 Å². The molecule has 0 spiro atoms. The molecule has 3 nitrogen and oxygen atoms in total. The Morgan fingerprint density at radius 2 is 2.00 bits per heavy atom. The van der Waals surface area contributed by atoms with Crippen molar-refractivity contribution in [1.29, 1.82) is 5.41 Å². The Labute approximate surface area is 79.6 Å². The van der Waals surface area contributed by atoms with E-state index in [1.54, 1.807) is 0 Å². The number of hydrogen-bond donors (Lipinski definition) is 1. The van der Waals surface area contributed by atoms with E-state index in [0.717, 1.165) is 45.0 Å². The van der Waals surface area contributed by atoms with Gasteiger partial charge in [-0.3, -0.25) is 5.41 Å². The van der Waals surface area contributed by atoms with Crippen molar-refractivity contribution in [3.8, 4) is 0 Å². The molecule has 13 heavy (non-hydrogen) atoms. The van der Waals surface area contributed by atoms with Crippen LogP contribution in [0.5, 0.6) is 0 Å². The molecular weight excluding hydrogens is 164 g/mol. The minimum atomic E-state index is 0.381. The minimum Gasteiger partial charge on any atom is -0.381 e. The Balaban J connectivity index is 1.87.